The molecule has 3 unspecified atom stereocenters. The van der Waals surface area contributed by atoms with Gasteiger partial charge in [0.25, 0.3) is 0 Å². The third kappa shape index (κ3) is 3.73. The molecule has 0 bridgehead atoms. The maximum Gasteiger partial charge on any atom is 0.127 e. The lowest BCUT2D eigenvalue weighted by Crippen LogP contribution is -2.45. The fourth-order valence-electron chi connectivity index (χ4n) is 4.79. The minimum absolute atomic E-state index is 0.187. The molecule has 0 spiro atoms. The Bertz CT molecular complexity index is 656. The molecule has 0 saturated heterocycles. The van der Waals surface area contributed by atoms with Crippen LogP contribution >= 0.6 is 0 Å². The molecule has 2 aliphatic rings. The predicted octanol–water partition coefficient (Wildman–Crippen LogP) is 6.37. The van der Waals surface area contributed by atoms with E-state index < -0.39 is 0 Å². The molecule has 0 aromatic heterocycles. The summed E-state index contributed by atoms with van der Waals surface area (Å²) < 4.78 is 6.42. The van der Waals surface area contributed by atoms with Gasteiger partial charge in [-0.1, -0.05) is 44.8 Å². The zero-order chi connectivity index (χ0) is 18.2. The maximum absolute atomic E-state index is 10.8. The number of allylic oxidation sites excluding steroid dienone is 2. The quantitative estimate of drug-likeness (QED) is 0.630. The summed E-state index contributed by atoms with van der Waals surface area (Å²) in [6.07, 6.45) is 9.19. The van der Waals surface area contributed by atoms with Crippen LogP contribution < -0.4 is 4.74 Å². The Hall–Kier alpha value is -1.44. The minimum Gasteiger partial charge on any atom is -0.508 e. The second kappa shape index (κ2) is 7.05. The van der Waals surface area contributed by atoms with E-state index in [1.807, 2.05) is 6.07 Å². The number of unbranched alkanes of at least 4 members (excludes halogenated alkanes) is 1. The Morgan fingerprint density at radius 3 is 2.80 bits per heavy atom. The van der Waals surface area contributed by atoms with E-state index in [2.05, 4.69) is 46.8 Å². The topological polar surface area (TPSA) is 29.5 Å². The SMILES string of the molecule is CCCCC(C)Cc1cc(O)c2c(c1)OC(C)(C)C1CC=C(C)CC21. The smallest absolute Gasteiger partial charge is 0.127 e. The molecular weight excluding hydrogens is 308 g/mol. The third-order valence-corrected chi connectivity index (χ3v) is 6.20. The zero-order valence-corrected chi connectivity index (χ0v) is 16.6. The Morgan fingerprint density at radius 1 is 1.32 bits per heavy atom. The summed E-state index contributed by atoms with van der Waals surface area (Å²) in [5, 5.41) is 10.8. The Kier molecular flexibility index (Phi) is 5.18. The number of phenols is 1. The summed E-state index contributed by atoms with van der Waals surface area (Å²) in [6.45, 7) is 11.2. The van der Waals surface area contributed by atoms with Crippen molar-refractivity contribution in [3.63, 3.8) is 0 Å². The van der Waals surface area contributed by atoms with Crippen LogP contribution in [0.4, 0.5) is 0 Å². The molecule has 2 nitrogen and oxygen atoms in total. The highest BCUT2D eigenvalue weighted by atomic mass is 16.5. The largest absolute Gasteiger partial charge is 0.508 e. The minimum atomic E-state index is -0.187. The molecule has 2 heteroatoms. The van der Waals surface area contributed by atoms with Crippen LogP contribution in [0.1, 0.15) is 83.8 Å². The second-order valence-corrected chi connectivity index (χ2v) is 8.89. The van der Waals surface area contributed by atoms with E-state index in [4.69, 9.17) is 4.74 Å². The van der Waals surface area contributed by atoms with Crippen molar-refractivity contribution in [2.75, 3.05) is 0 Å². The average molecular weight is 343 g/mol. The van der Waals surface area contributed by atoms with E-state index in [-0.39, 0.29) is 5.60 Å². The molecule has 1 aliphatic heterocycles. The fourth-order valence-corrected chi connectivity index (χ4v) is 4.79. The molecule has 0 fully saturated rings. The van der Waals surface area contributed by atoms with E-state index in [1.165, 1.54) is 30.4 Å². The van der Waals surface area contributed by atoms with Crippen molar-refractivity contribution in [3.05, 3.63) is 34.9 Å². The molecule has 1 aromatic carbocycles. The monoisotopic (exact) mass is 342 g/mol. The van der Waals surface area contributed by atoms with Gasteiger partial charge in [-0.15, -0.1) is 0 Å². The van der Waals surface area contributed by atoms with E-state index in [0.717, 1.165) is 30.6 Å². The molecule has 0 radical (unpaired) electrons. The highest BCUT2D eigenvalue weighted by Gasteiger charge is 2.45. The molecule has 1 heterocycles. The van der Waals surface area contributed by atoms with Gasteiger partial charge in [0.2, 0.25) is 0 Å². The van der Waals surface area contributed by atoms with Gasteiger partial charge in [-0.05, 0) is 63.6 Å². The summed E-state index contributed by atoms with van der Waals surface area (Å²) in [6, 6.07) is 4.19. The molecule has 3 atom stereocenters. The highest BCUT2D eigenvalue weighted by Crippen LogP contribution is 2.54. The Labute approximate surface area is 153 Å². The van der Waals surface area contributed by atoms with Crippen molar-refractivity contribution in [2.24, 2.45) is 11.8 Å². The molecule has 1 aliphatic carbocycles. The number of rotatable bonds is 5. The fraction of sp³-hybridized carbons (Fsp3) is 0.652. The average Bonchev–Trinajstić information content (AvgIpc) is 2.51. The van der Waals surface area contributed by atoms with Crippen LogP contribution in [0.25, 0.3) is 0 Å². The molecule has 1 aromatic rings. The van der Waals surface area contributed by atoms with Gasteiger partial charge in [-0.25, -0.2) is 0 Å². The molecule has 1 N–H and O–H groups in total. The van der Waals surface area contributed by atoms with Gasteiger partial charge in [0.05, 0.1) is 0 Å². The van der Waals surface area contributed by atoms with Crippen molar-refractivity contribution in [2.45, 2.75) is 84.7 Å². The first-order chi connectivity index (χ1) is 11.8. The molecular formula is C23H34O2. The first-order valence-electron chi connectivity index (χ1n) is 10.0. The summed E-state index contributed by atoms with van der Waals surface area (Å²) >= 11 is 0. The lowest BCUT2D eigenvalue weighted by Gasteiger charge is -2.47. The van der Waals surface area contributed by atoms with E-state index in [1.54, 1.807) is 0 Å². The van der Waals surface area contributed by atoms with Gasteiger partial charge < -0.3 is 9.84 Å². The van der Waals surface area contributed by atoms with E-state index >= 15 is 0 Å². The van der Waals surface area contributed by atoms with Crippen LogP contribution in [0, 0.1) is 11.8 Å². The van der Waals surface area contributed by atoms with Crippen LogP contribution in [0.5, 0.6) is 11.5 Å². The summed E-state index contributed by atoms with van der Waals surface area (Å²) in [4.78, 5) is 0. The maximum atomic E-state index is 10.8. The molecule has 3 rings (SSSR count). The molecule has 0 amide bonds. The number of fused-ring (bicyclic) bond motifs is 3. The van der Waals surface area contributed by atoms with Crippen molar-refractivity contribution in [1.29, 1.82) is 0 Å². The molecule has 138 valence electrons. The van der Waals surface area contributed by atoms with Crippen molar-refractivity contribution < 1.29 is 9.84 Å². The second-order valence-electron chi connectivity index (χ2n) is 8.89. The van der Waals surface area contributed by atoms with Crippen molar-refractivity contribution in [1.82, 2.24) is 0 Å². The normalized spacial score (nSPS) is 25.4. The molecule has 25 heavy (non-hydrogen) atoms. The number of benzene rings is 1. The number of hydrogen-bond acceptors (Lipinski definition) is 2. The summed E-state index contributed by atoms with van der Waals surface area (Å²) in [7, 11) is 0. The lowest BCUT2D eigenvalue weighted by atomic mass is 9.67. The van der Waals surface area contributed by atoms with Crippen LogP contribution in [-0.2, 0) is 6.42 Å². The van der Waals surface area contributed by atoms with Crippen LogP contribution in [0.2, 0.25) is 0 Å². The summed E-state index contributed by atoms with van der Waals surface area (Å²) in [5.74, 6) is 2.80. The standard InChI is InChI=1S/C23H34O2/c1-6-7-8-15(2)11-17-13-20(24)22-18-12-16(3)9-10-19(18)23(4,5)25-21(22)14-17/h9,13-15,18-19,24H,6-8,10-12H2,1-5H3. The molecule has 0 saturated carbocycles. The van der Waals surface area contributed by atoms with Crippen LogP contribution in [0.15, 0.2) is 23.8 Å². The first kappa shape index (κ1) is 18.4. The predicted molar refractivity (Wildman–Crippen MR) is 104 cm³/mol. The summed E-state index contributed by atoms with van der Waals surface area (Å²) in [5.41, 5.74) is 3.49. The lowest BCUT2D eigenvalue weighted by molar-refractivity contribution is 0.00751. The highest BCUT2D eigenvalue weighted by molar-refractivity contribution is 5.52. The number of phenolic OH excluding ortho intramolecular Hbond substituents is 1. The van der Waals surface area contributed by atoms with Crippen LogP contribution in [0.3, 0.4) is 0 Å². The van der Waals surface area contributed by atoms with Gasteiger partial charge in [0.15, 0.2) is 0 Å². The number of ether oxygens (including phenoxy) is 1. The van der Waals surface area contributed by atoms with Crippen molar-refractivity contribution in [3.8, 4) is 11.5 Å². The van der Waals surface area contributed by atoms with Gasteiger partial charge in [0, 0.05) is 17.4 Å². The van der Waals surface area contributed by atoms with E-state index in [9.17, 15) is 5.11 Å². The van der Waals surface area contributed by atoms with E-state index in [0.29, 0.717) is 23.5 Å². The first-order valence-corrected chi connectivity index (χ1v) is 10.0. The third-order valence-electron chi connectivity index (χ3n) is 6.20. The van der Waals surface area contributed by atoms with Gasteiger partial charge >= 0.3 is 0 Å². The number of hydrogen-bond donors (Lipinski definition) is 1. The van der Waals surface area contributed by atoms with Gasteiger partial charge in [0.1, 0.15) is 17.1 Å². The van der Waals surface area contributed by atoms with Gasteiger partial charge in [-0.3, -0.25) is 0 Å². The Morgan fingerprint density at radius 2 is 2.08 bits per heavy atom. The van der Waals surface area contributed by atoms with Crippen LogP contribution in [-0.4, -0.2) is 10.7 Å². The van der Waals surface area contributed by atoms with Gasteiger partial charge in [-0.2, -0.15) is 0 Å². The Balaban J connectivity index is 1.91. The number of aromatic hydroxyl groups is 1. The van der Waals surface area contributed by atoms with Crippen molar-refractivity contribution >= 4 is 0 Å². The zero-order valence-electron chi connectivity index (χ0n) is 16.6.